The van der Waals surface area contributed by atoms with Gasteiger partial charge in [0.2, 0.25) is 0 Å². The smallest absolute Gasteiger partial charge is 0.0768 e. The molecular formula is C12H26N2S. The van der Waals surface area contributed by atoms with E-state index in [0.29, 0.717) is 16.9 Å². The average Bonchev–Trinajstić information content (AvgIpc) is 2.22. The van der Waals surface area contributed by atoms with Crippen LogP contribution in [0.25, 0.3) is 0 Å². The molecule has 0 aliphatic carbocycles. The fraction of sp³-hybridized carbons (Fsp3) is 0.917. The number of thiocarbonyl (C=S) groups is 1. The van der Waals surface area contributed by atoms with Crippen LogP contribution in [-0.2, 0) is 0 Å². The summed E-state index contributed by atoms with van der Waals surface area (Å²) in [7, 11) is 0. The van der Waals surface area contributed by atoms with Crippen molar-refractivity contribution in [1.29, 1.82) is 0 Å². The van der Waals surface area contributed by atoms with Crippen molar-refractivity contribution >= 4 is 17.2 Å². The molecule has 0 saturated heterocycles. The molecule has 0 aromatic rings. The first kappa shape index (κ1) is 14.8. The summed E-state index contributed by atoms with van der Waals surface area (Å²) in [6.07, 6.45) is 3.69. The molecule has 0 aromatic carbocycles. The summed E-state index contributed by atoms with van der Waals surface area (Å²) in [6.45, 7) is 11.0. The second kappa shape index (κ2) is 8.05. The van der Waals surface area contributed by atoms with Gasteiger partial charge in [-0.25, -0.2) is 0 Å². The zero-order chi connectivity index (χ0) is 11.8. The van der Waals surface area contributed by atoms with Crippen molar-refractivity contribution in [3.63, 3.8) is 0 Å². The molecule has 0 amide bonds. The van der Waals surface area contributed by atoms with Gasteiger partial charge in [-0.3, -0.25) is 4.90 Å². The van der Waals surface area contributed by atoms with Crippen LogP contribution >= 0.6 is 12.2 Å². The van der Waals surface area contributed by atoms with Crippen molar-refractivity contribution in [1.82, 2.24) is 4.90 Å². The highest BCUT2D eigenvalue weighted by atomic mass is 32.1. The van der Waals surface area contributed by atoms with E-state index in [-0.39, 0.29) is 0 Å². The summed E-state index contributed by atoms with van der Waals surface area (Å²) in [5, 5.41) is 0. The maximum absolute atomic E-state index is 5.66. The lowest BCUT2D eigenvalue weighted by Gasteiger charge is -2.30. The molecule has 15 heavy (non-hydrogen) atoms. The standard InChI is InChI=1S/C12H26N2S/c1-5-7-8-14(11(4)6-2)9-10(3)12(13)15/h10-11H,5-9H2,1-4H3,(H2,13,15). The van der Waals surface area contributed by atoms with E-state index >= 15 is 0 Å². The summed E-state index contributed by atoms with van der Waals surface area (Å²) < 4.78 is 0. The van der Waals surface area contributed by atoms with Crippen molar-refractivity contribution in [3.05, 3.63) is 0 Å². The Labute approximate surface area is 100 Å². The topological polar surface area (TPSA) is 29.3 Å². The van der Waals surface area contributed by atoms with E-state index in [2.05, 4.69) is 32.6 Å². The molecule has 0 bridgehead atoms. The maximum atomic E-state index is 5.66. The predicted octanol–water partition coefficient (Wildman–Crippen LogP) is 2.81. The number of rotatable bonds is 8. The molecule has 0 spiro atoms. The summed E-state index contributed by atoms with van der Waals surface area (Å²) in [5.74, 6) is 0.325. The van der Waals surface area contributed by atoms with Gasteiger partial charge in [-0.1, -0.05) is 39.4 Å². The molecule has 0 rings (SSSR count). The Morgan fingerprint density at radius 3 is 2.33 bits per heavy atom. The highest BCUT2D eigenvalue weighted by molar-refractivity contribution is 7.80. The van der Waals surface area contributed by atoms with E-state index in [1.54, 1.807) is 0 Å². The molecular weight excluding hydrogens is 204 g/mol. The molecule has 0 heterocycles. The van der Waals surface area contributed by atoms with Crippen LogP contribution in [0, 0.1) is 5.92 Å². The van der Waals surface area contributed by atoms with Crippen molar-refractivity contribution in [3.8, 4) is 0 Å². The summed E-state index contributed by atoms with van der Waals surface area (Å²) in [4.78, 5) is 3.15. The monoisotopic (exact) mass is 230 g/mol. The van der Waals surface area contributed by atoms with Crippen molar-refractivity contribution in [2.24, 2.45) is 11.7 Å². The van der Waals surface area contributed by atoms with Gasteiger partial charge in [0.1, 0.15) is 0 Å². The highest BCUT2D eigenvalue weighted by Crippen LogP contribution is 2.09. The highest BCUT2D eigenvalue weighted by Gasteiger charge is 2.15. The van der Waals surface area contributed by atoms with Gasteiger partial charge in [0, 0.05) is 18.5 Å². The van der Waals surface area contributed by atoms with E-state index in [0.717, 1.165) is 6.54 Å². The number of hydrogen-bond donors (Lipinski definition) is 1. The summed E-state index contributed by atoms with van der Waals surface area (Å²) >= 11 is 5.02. The van der Waals surface area contributed by atoms with Crippen LogP contribution in [0.1, 0.15) is 47.0 Å². The Morgan fingerprint density at radius 1 is 1.33 bits per heavy atom. The average molecular weight is 230 g/mol. The number of nitrogens with two attached hydrogens (primary N) is 1. The van der Waals surface area contributed by atoms with Gasteiger partial charge >= 0.3 is 0 Å². The minimum absolute atomic E-state index is 0.325. The van der Waals surface area contributed by atoms with E-state index in [4.69, 9.17) is 18.0 Å². The lowest BCUT2D eigenvalue weighted by atomic mass is 10.1. The van der Waals surface area contributed by atoms with Crippen molar-refractivity contribution < 1.29 is 0 Å². The van der Waals surface area contributed by atoms with Gasteiger partial charge in [-0.05, 0) is 26.3 Å². The molecule has 2 atom stereocenters. The quantitative estimate of drug-likeness (QED) is 0.650. The zero-order valence-electron chi connectivity index (χ0n) is 10.6. The molecule has 0 aliphatic rings. The summed E-state index contributed by atoms with van der Waals surface area (Å²) in [6, 6.07) is 0.633. The Kier molecular flexibility index (Phi) is 7.97. The molecule has 0 aliphatic heterocycles. The predicted molar refractivity (Wildman–Crippen MR) is 72.2 cm³/mol. The van der Waals surface area contributed by atoms with Crippen LogP contribution in [0.15, 0.2) is 0 Å². The first-order chi connectivity index (χ1) is 7.02. The van der Waals surface area contributed by atoms with E-state index in [9.17, 15) is 0 Å². The van der Waals surface area contributed by atoms with Crippen molar-refractivity contribution in [2.45, 2.75) is 53.0 Å². The van der Waals surface area contributed by atoms with Crippen molar-refractivity contribution in [2.75, 3.05) is 13.1 Å². The van der Waals surface area contributed by atoms with Gasteiger partial charge in [-0.2, -0.15) is 0 Å². The van der Waals surface area contributed by atoms with Gasteiger partial charge in [0.15, 0.2) is 0 Å². The molecule has 0 fully saturated rings. The van der Waals surface area contributed by atoms with Crippen LogP contribution < -0.4 is 5.73 Å². The molecule has 90 valence electrons. The third kappa shape index (κ3) is 6.10. The van der Waals surface area contributed by atoms with E-state index < -0.39 is 0 Å². The lowest BCUT2D eigenvalue weighted by Crippen LogP contribution is -2.39. The first-order valence-corrected chi connectivity index (χ1v) is 6.47. The number of unbranched alkanes of at least 4 members (excludes halogenated alkanes) is 1. The first-order valence-electron chi connectivity index (χ1n) is 6.06. The Bertz CT molecular complexity index is 182. The van der Waals surface area contributed by atoms with Gasteiger partial charge in [-0.15, -0.1) is 0 Å². The molecule has 3 heteroatoms. The SMILES string of the molecule is CCCCN(CC(C)C(N)=S)C(C)CC. The molecule has 0 aromatic heterocycles. The molecule has 0 radical (unpaired) electrons. The fourth-order valence-corrected chi connectivity index (χ4v) is 1.63. The molecule has 0 saturated carbocycles. The molecule has 2 nitrogen and oxygen atoms in total. The largest absolute Gasteiger partial charge is 0.393 e. The minimum Gasteiger partial charge on any atom is -0.393 e. The second-order valence-corrected chi connectivity index (χ2v) is 4.88. The fourth-order valence-electron chi connectivity index (χ4n) is 1.55. The normalized spacial score (nSPS) is 15.3. The van der Waals surface area contributed by atoms with Crippen LogP contribution in [0.5, 0.6) is 0 Å². The third-order valence-electron chi connectivity index (χ3n) is 3.01. The lowest BCUT2D eigenvalue weighted by molar-refractivity contribution is 0.190. The zero-order valence-corrected chi connectivity index (χ0v) is 11.4. The van der Waals surface area contributed by atoms with Crippen LogP contribution in [0.4, 0.5) is 0 Å². The third-order valence-corrected chi connectivity index (χ3v) is 3.41. The van der Waals surface area contributed by atoms with E-state index in [1.807, 2.05) is 0 Å². The number of nitrogens with zero attached hydrogens (tertiary/aromatic N) is 1. The van der Waals surface area contributed by atoms with E-state index in [1.165, 1.54) is 25.8 Å². The Hall–Kier alpha value is -0.150. The van der Waals surface area contributed by atoms with Gasteiger partial charge < -0.3 is 5.73 Å². The van der Waals surface area contributed by atoms with Gasteiger partial charge in [0.25, 0.3) is 0 Å². The Morgan fingerprint density at radius 2 is 1.93 bits per heavy atom. The molecule has 2 N–H and O–H groups in total. The minimum atomic E-state index is 0.325. The molecule has 2 unspecified atom stereocenters. The van der Waals surface area contributed by atoms with Crippen LogP contribution in [0.3, 0.4) is 0 Å². The second-order valence-electron chi connectivity index (χ2n) is 4.41. The van der Waals surface area contributed by atoms with Gasteiger partial charge in [0.05, 0.1) is 4.99 Å². The summed E-state index contributed by atoms with van der Waals surface area (Å²) in [5.41, 5.74) is 5.66. The Balaban J connectivity index is 4.16. The van der Waals surface area contributed by atoms with Crippen LogP contribution in [-0.4, -0.2) is 29.0 Å². The number of hydrogen-bond acceptors (Lipinski definition) is 2. The maximum Gasteiger partial charge on any atom is 0.0768 e. The van der Waals surface area contributed by atoms with Crippen LogP contribution in [0.2, 0.25) is 0 Å².